The molecule has 2 heterocycles. The van der Waals surface area contributed by atoms with Gasteiger partial charge in [-0.05, 0) is 48.7 Å². The van der Waals surface area contributed by atoms with Gasteiger partial charge in [0.05, 0.1) is 35.5 Å². The van der Waals surface area contributed by atoms with Gasteiger partial charge in [0.15, 0.2) is 34.6 Å². The van der Waals surface area contributed by atoms with E-state index in [0.29, 0.717) is 52.5 Å². The average Bonchev–Trinajstić information content (AvgIpc) is 3.34. The van der Waals surface area contributed by atoms with E-state index in [0.717, 1.165) is 29.7 Å². The minimum atomic E-state index is -0.515. The van der Waals surface area contributed by atoms with Crippen molar-refractivity contribution in [1.82, 2.24) is 14.8 Å². The molecule has 10 heteroatoms. The van der Waals surface area contributed by atoms with E-state index in [-0.39, 0.29) is 5.78 Å². The van der Waals surface area contributed by atoms with Crippen LogP contribution in [-0.4, -0.2) is 56.1 Å². The summed E-state index contributed by atoms with van der Waals surface area (Å²) in [5.41, 5.74) is 3.07. The van der Waals surface area contributed by atoms with Crippen LogP contribution in [0.2, 0.25) is 0 Å². The Hall–Kier alpha value is -4.21. The van der Waals surface area contributed by atoms with Crippen molar-refractivity contribution in [3.05, 3.63) is 47.2 Å². The Morgan fingerprint density at radius 1 is 0.861 bits per heavy atom. The molecule has 1 aliphatic heterocycles. The number of hydrogen-bond acceptors (Lipinski definition) is 9. The summed E-state index contributed by atoms with van der Waals surface area (Å²) in [6.07, 6.45) is 2.01. The average molecular weight is 493 g/mol. The van der Waals surface area contributed by atoms with E-state index >= 15 is 0 Å². The van der Waals surface area contributed by atoms with Crippen LogP contribution in [0.1, 0.15) is 30.9 Å². The molecule has 1 aliphatic carbocycles. The molecule has 1 unspecified atom stereocenters. The number of ether oxygens (including phenoxy) is 5. The maximum Gasteiger partial charge on any atom is 0.226 e. The van der Waals surface area contributed by atoms with Gasteiger partial charge in [0.25, 0.3) is 0 Å². The first-order valence-corrected chi connectivity index (χ1v) is 11.5. The van der Waals surface area contributed by atoms with Crippen molar-refractivity contribution >= 4 is 11.7 Å². The smallest absolute Gasteiger partial charge is 0.226 e. The number of carbonyl (C=O) groups is 1. The molecular formula is C26H28N4O6. The number of hydrogen-bond donors (Lipinski definition) is 1. The van der Waals surface area contributed by atoms with Crippen LogP contribution in [0, 0.1) is 0 Å². The van der Waals surface area contributed by atoms with Crippen molar-refractivity contribution in [3.8, 4) is 40.1 Å². The maximum absolute atomic E-state index is 13.2. The minimum absolute atomic E-state index is 0.0799. The molecule has 0 spiro atoms. The molecule has 36 heavy (non-hydrogen) atoms. The number of ketones is 1. The molecule has 3 aromatic rings. The predicted octanol–water partition coefficient (Wildman–Crippen LogP) is 4.01. The highest BCUT2D eigenvalue weighted by Gasteiger charge is 2.38. The fraction of sp³-hybridized carbons (Fsp3) is 0.346. The van der Waals surface area contributed by atoms with Crippen molar-refractivity contribution in [2.75, 3.05) is 40.9 Å². The molecule has 10 nitrogen and oxygen atoms in total. The Bertz CT molecular complexity index is 1340. The number of aromatic nitrogens is 3. The Balaban J connectivity index is 1.69. The van der Waals surface area contributed by atoms with E-state index in [1.807, 2.05) is 30.3 Å². The van der Waals surface area contributed by atoms with E-state index in [2.05, 4.69) is 5.32 Å². The van der Waals surface area contributed by atoms with Crippen molar-refractivity contribution in [2.24, 2.45) is 0 Å². The van der Waals surface area contributed by atoms with Gasteiger partial charge in [0.1, 0.15) is 6.04 Å². The van der Waals surface area contributed by atoms with Crippen LogP contribution in [0.4, 0.5) is 5.95 Å². The quantitative estimate of drug-likeness (QED) is 0.524. The lowest BCUT2D eigenvalue weighted by molar-refractivity contribution is -0.116. The predicted molar refractivity (Wildman–Crippen MR) is 132 cm³/mol. The van der Waals surface area contributed by atoms with Gasteiger partial charge in [0, 0.05) is 23.3 Å². The molecule has 5 rings (SSSR count). The SMILES string of the molecule is COc1ccc(-c2nc3n(n2)C(c2cc(OC)c(OC)c(OC)c2)C2=C(CCCC2=O)N3)cc1OC. The van der Waals surface area contributed by atoms with E-state index in [1.165, 1.54) is 0 Å². The zero-order valence-corrected chi connectivity index (χ0v) is 20.9. The Morgan fingerprint density at radius 2 is 1.56 bits per heavy atom. The third-order valence-corrected chi connectivity index (χ3v) is 6.51. The zero-order chi connectivity index (χ0) is 25.4. The number of nitrogens with one attached hydrogen (secondary N) is 1. The third-order valence-electron chi connectivity index (χ3n) is 6.51. The van der Waals surface area contributed by atoms with Crippen LogP contribution in [0.15, 0.2) is 41.6 Å². The van der Waals surface area contributed by atoms with E-state index in [9.17, 15) is 4.79 Å². The normalized spacial score (nSPS) is 16.6. The number of Topliss-reactive ketones (excluding diaryl/α,β-unsaturated/α-hetero) is 1. The van der Waals surface area contributed by atoms with Gasteiger partial charge in [-0.25, -0.2) is 4.68 Å². The first-order valence-electron chi connectivity index (χ1n) is 11.5. The number of anilines is 1. The number of fused-ring (bicyclic) bond motifs is 1. The van der Waals surface area contributed by atoms with Gasteiger partial charge in [-0.15, -0.1) is 5.10 Å². The van der Waals surface area contributed by atoms with E-state index < -0.39 is 6.04 Å². The molecule has 1 N–H and O–H groups in total. The molecule has 1 atom stereocenters. The van der Waals surface area contributed by atoms with Gasteiger partial charge in [-0.3, -0.25) is 4.79 Å². The van der Waals surface area contributed by atoms with Crippen LogP contribution in [0.25, 0.3) is 11.4 Å². The molecule has 0 radical (unpaired) electrons. The summed E-state index contributed by atoms with van der Waals surface area (Å²) >= 11 is 0. The van der Waals surface area contributed by atoms with Crippen LogP contribution in [0.5, 0.6) is 28.7 Å². The number of methoxy groups -OCH3 is 5. The van der Waals surface area contributed by atoms with Crippen LogP contribution in [-0.2, 0) is 4.79 Å². The van der Waals surface area contributed by atoms with Crippen LogP contribution >= 0.6 is 0 Å². The summed E-state index contributed by atoms with van der Waals surface area (Å²) in [5.74, 6) is 3.78. The number of carbonyl (C=O) groups excluding carboxylic acids is 1. The van der Waals surface area contributed by atoms with Gasteiger partial charge < -0.3 is 29.0 Å². The highest BCUT2D eigenvalue weighted by Crippen LogP contribution is 2.46. The summed E-state index contributed by atoms with van der Waals surface area (Å²) in [6.45, 7) is 0. The molecule has 0 fully saturated rings. The number of nitrogens with zero attached hydrogens (tertiary/aromatic N) is 3. The van der Waals surface area contributed by atoms with Gasteiger partial charge in [-0.2, -0.15) is 4.98 Å². The van der Waals surface area contributed by atoms with Crippen molar-refractivity contribution in [1.29, 1.82) is 0 Å². The van der Waals surface area contributed by atoms with Crippen molar-refractivity contribution < 1.29 is 28.5 Å². The number of allylic oxidation sites excluding steroid dienone is 2. The zero-order valence-electron chi connectivity index (χ0n) is 20.9. The second-order valence-electron chi connectivity index (χ2n) is 8.43. The Morgan fingerprint density at radius 3 is 2.19 bits per heavy atom. The molecular weight excluding hydrogens is 464 g/mol. The Labute approximate surface area is 208 Å². The third kappa shape index (κ3) is 3.78. The molecule has 0 saturated carbocycles. The molecule has 2 aromatic carbocycles. The molecule has 2 aliphatic rings. The molecule has 0 bridgehead atoms. The molecule has 188 valence electrons. The van der Waals surface area contributed by atoms with Crippen LogP contribution < -0.4 is 29.0 Å². The van der Waals surface area contributed by atoms with Gasteiger partial charge in [-0.1, -0.05) is 0 Å². The second kappa shape index (κ2) is 9.44. The summed E-state index contributed by atoms with van der Waals surface area (Å²) < 4.78 is 29.2. The number of benzene rings is 2. The Kier molecular flexibility index (Phi) is 6.17. The summed E-state index contributed by atoms with van der Waals surface area (Å²) in [5, 5.41) is 8.19. The van der Waals surface area contributed by atoms with E-state index in [4.69, 9.17) is 33.8 Å². The fourth-order valence-electron chi connectivity index (χ4n) is 4.82. The van der Waals surface area contributed by atoms with Gasteiger partial charge >= 0.3 is 0 Å². The van der Waals surface area contributed by atoms with Crippen LogP contribution in [0.3, 0.4) is 0 Å². The molecule has 0 amide bonds. The molecule has 0 saturated heterocycles. The van der Waals surface area contributed by atoms with E-state index in [1.54, 1.807) is 40.2 Å². The standard InChI is InChI=1S/C26H28N4O6/c1-32-18-10-9-14(11-19(18)33-2)25-28-26-27-16-7-6-8-17(31)22(16)23(30(26)29-25)15-12-20(34-3)24(36-5)21(13-15)35-4/h9-13,23H,6-8H2,1-5H3,(H,27,28,29). The summed E-state index contributed by atoms with van der Waals surface area (Å²) in [6, 6.07) is 8.70. The lowest BCUT2D eigenvalue weighted by atomic mass is 9.85. The van der Waals surface area contributed by atoms with Crippen molar-refractivity contribution in [3.63, 3.8) is 0 Å². The monoisotopic (exact) mass is 492 g/mol. The maximum atomic E-state index is 13.2. The highest BCUT2D eigenvalue weighted by molar-refractivity contribution is 5.99. The summed E-state index contributed by atoms with van der Waals surface area (Å²) in [4.78, 5) is 18.0. The first-order chi connectivity index (χ1) is 17.5. The van der Waals surface area contributed by atoms with Crippen molar-refractivity contribution in [2.45, 2.75) is 25.3 Å². The summed E-state index contributed by atoms with van der Waals surface area (Å²) in [7, 11) is 7.86. The number of rotatable bonds is 7. The highest BCUT2D eigenvalue weighted by atomic mass is 16.5. The topological polar surface area (TPSA) is 106 Å². The second-order valence-corrected chi connectivity index (χ2v) is 8.43. The first kappa shape index (κ1) is 23.5. The van der Waals surface area contributed by atoms with Gasteiger partial charge in [0.2, 0.25) is 11.7 Å². The lowest BCUT2D eigenvalue weighted by Gasteiger charge is -2.32. The largest absolute Gasteiger partial charge is 0.493 e. The fourth-order valence-corrected chi connectivity index (χ4v) is 4.82. The minimum Gasteiger partial charge on any atom is -0.493 e. The molecule has 1 aromatic heterocycles. The lowest BCUT2D eigenvalue weighted by Crippen LogP contribution is -2.31.